The molecule has 9 heteroatoms. The first-order valence-electron chi connectivity index (χ1n) is 7.93. The van der Waals surface area contributed by atoms with Crippen molar-refractivity contribution >= 4 is 11.8 Å². The van der Waals surface area contributed by atoms with E-state index in [1.54, 1.807) is 18.4 Å². The lowest BCUT2D eigenvalue weighted by atomic mass is 10.2. The van der Waals surface area contributed by atoms with Crippen LogP contribution in [0, 0.1) is 5.82 Å². The van der Waals surface area contributed by atoms with Crippen molar-refractivity contribution in [3.8, 4) is 23.0 Å². The van der Waals surface area contributed by atoms with Gasteiger partial charge in [-0.15, -0.1) is 10.2 Å². The van der Waals surface area contributed by atoms with Crippen LogP contribution >= 0.6 is 11.8 Å². The van der Waals surface area contributed by atoms with Gasteiger partial charge in [0.2, 0.25) is 0 Å². The Labute approximate surface area is 152 Å². The molecule has 132 valence electrons. The van der Waals surface area contributed by atoms with E-state index in [4.69, 9.17) is 8.94 Å². The number of thioether (sulfide) groups is 1. The highest BCUT2D eigenvalue weighted by molar-refractivity contribution is 7.98. The Bertz CT molecular complexity index is 995. The molecule has 0 saturated heterocycles. The van der Waals surface area contributed by atoms with Gasteiger partial charge in [-0.05, 0) is 43.3 Å². The molecule has 0 unspecified atom stereocenters. The smallest absolute Gasteiger partial charge is 0.257 e. The van der Waals surface area contributed by atoms with E-state index in [9.17, 15) is 4.39 Å². The fourth-order valence-corrected chi connectivity index (χ4v) is 3.27. The Morgan fingerprint density at radius 1 is 1.15 bits per heavy atom. The highest BCUT2D eigenvalue weighted by Crippen LogP contribution is 2.26. The molecule has 4 rings (SSSR count). The highest BCUT2D eigenvalue weighted by Gasteiger charge is 2.16. The van der Waals surface area contributed by atoms with Crippen LogP contribution in [-0.4, -0.2) is 24.9 Å². The zero-order valence-corrected chi connectivity index (χ0v) is 14.6. The van der Waals surface area contributed by atoms with Crippen molar-refractivity contribution in [1.29, 1.82) is 0 Å². The third-order valence-corrected chi connectivity index (χ3v) is 4.63. The average molecular weight is 371 g/mol. The molecular formula is C17H14FN5O2S. The average Bonchev–Trinajstić information content (AvgIpc) is 3.40. The molecule has 0 aliphatic rings. The zero-order valence-electron chi connectivity index (χ0n) is 13.8. The first-order valence-corrected chi connectivity index (χ1v) is 8.91. The largest absolute Gasteiger partial charge is 0.461 e. The van der Waals surface area contributed by atoms with Crippen LogP contribution in [0.1, 0.15) is 12.7 Å². The Balaban J connectivity index is 1.49. The van der Waals surface area contributed by atoms with Crippen molar-refractivity contribution in [2.24, 2.45) is 0 Å². The van der Waals surface area contributed by atoms with Crippen LogP contribution in [0.15, 0.2) is 56.8 Å². The second-order valence-electron chi connectivity index (χ2n) is 5.34. The van der Waals surface area contributed by atoms with Crippen LogP contribution in [0.3, 0.4) is 0 Å². The van der Waals surface area contributed by atoms with E-state index in [-0.39, 0.29) is 5.82 Å². The highest BCUT2D eigenvalue weighted by atomic mass is 32.2. The van der Waals surface area contributed by atoms with Crippen LogP contribution in [0.4, 0.5) is 4.39 Å². The molecule has 0 N–H and O–H groups in total. The molecule has 0 spiro atoms. The number of halogens is 1. The van der Waals surface area contributed by atoms with E-state index in [1.165, 1.54) is 23.9 Å². The number of benzene rings is 1. The van der Waals surface area contributed by atoms with Gasteiger partial charge in [0.25, 0.3) is 5.89 Å². The molecule has 1 aromatic carbocycles. The number of rotatable bonds is 6. The van der Waals surface area contributed by atoms with Crippen LogP contribution in [-0.2, 0) is 12.3 Å². The fraction of sp³-hybridized carbons (Fsp3) is 0.176. The quantitative estimate of drug-likeness (QED) is 0.473. The SMILES string of the molecule is CCn1c(SCc2noc(-c3ccc(F)cc3)n2)nnc1-c1ccco1. The number of aromatic nitrogens is 5. The van der Waals surface area contributed by atoms with E-state index in [0.29, 0.717) is 41.2 Å². The van der Waals surface area contributed by atoms with Gasteiger partial charge in [-0.2, -0.15) is 4.98 Å². The first kappa shape index (κ1) is 16.5. The van der Waals surface area contributed by atoms with E-state index in [0.717, 1.165) is 5.16 Å². The molecule has 0 atom stereocenters. The van der Waals surface area contributed by atoms with Crippen LogP contribution < -0.4 is 0 Å². The minimum atomic E-state index is -0.310. The maximum Gasteiger partial charge on any atom is 0.257 e. The molecule has 0 amide bonds. The van der Waals surface area contributed by atoms with Crippen LogP contribution in [0.2, 0.25) is 0 Å². The minimum Gasteiger partial charge on any atom is -0.461 e. The van der Waals surface area contributed by atoms with E-state index in [1.807, 2.05) is 23.6 Å². The molecule has 0 radical (unpaired) electrons. The third kappa shape index (κ3) is 3.25. The molecule has 0 bridgehead atoms. The summed E-state index contributed by atoms with van der Waals surface area (Å²) in [5.41, 5.74) is 0.673. The topological polar surface area (TPSA) is 82.8 Å². The first-order chi connectivity index (χ1) is 12.7. The van der Waals surface area contributed by atoms with Crippen LogP contribution in [0.25, 0.3) is 23.0 Å². The summed E-state index contributed by atoms with van der Waals surface area (Å²) in [6.45, 7) is 2.72. The van der Waals surface area contributed by atoms with Crippen LogP contribution in [0.5, 0.6) is 0 Å². The Hall–Kier alpha value is -2.94. The maximum atomic E-state index is 13.0. The number of hydrogen-bond acceptors (Lipinski definition) is 7. The van der Waals surface area contributed by atoms with Gasteiger partial charge in [0.15, 0.2) is 22.6 Å². The summed E-state index contributed by atoms with van der Waals surface area (Å²) in [5.74, 6) is 2.40. The van der Waals surface area contributed by atoms with Gasteiger partial charge >= 0.3 is 0 Å². The second kappa shape index (κ2) is 7.12. The number of furan rings is 1. The summed E-state index contributed by atoms with van der Waals surface area (Å²) >= 11 is 1.46. The van der Waals surface area contributed by atoms with E-state index < -0.39 is 0 Å². The van der Waals surface area contributed by atoms with Crippen molar-refractivity contribution < 1.29 is 13.3 Å². The number of hydrogen-bond donors (Lipinski definition) is 0. The van der Waals surface area contributed by atoms with E-state index in [2.05, 4.69) is 20.3 Å². The standard InChI is InChI=1S/C17H14FN5O2S/c1-2-23-15(13-4-3-9-24-13)20-21-17(23)26-10-14-19-16(25-22-14)11-5-7-12(18)8-6-11/h3-9H,2,10H2,1H3. The molecule has 3 aromatic heterocycles. The Morgan fingerprint density at radius 2 is 2.00 bits per heavy atom. The van der Waals surface area contributed by atoms with Gasteiger partial charge in [-0.25, -0.2) is 4.39 Å². The molecule has 4 aromatic rings. The predicted molar refractivity (Wildman–Crippen MR) is 92.7 cm³/mol. The van der Waals surface area contributed by atoms with Gasteiger partial charge in [0.05, 0.1) is 12.0 Å². The lowest BCUT2D eigenvalue weighted by Crippen LogP contribution is -1.99. The van der Waals surface area contributed by atoms with Gasteiger partial charge < -0.3 is 8.94 Å². The second-order valence-corrected chi connectivity index (χ2v) is 6.28. The van der Waals surface area contributed by atoms with Gasteiger partial charge in [-0.1, -0.05) is 16.9 Å². The monoisotopic (exact) mass is 371 g/mol. The van der Waals surface area contributed by atoms with E-state index >= 15 is 0 Å². The van der Waals surface area contributed by atoms with Crippen molar-refractivity contribution in [1.82, 2.24) is 24.9 Å². The third-order valence-electron chi connectivity index (χ3n) is 3.66. The van der Waals surface area contributed by atoms with Crippen molar-refractivity contribution in [2.45, 2.75) is 24.4 Å². The normalized spacial score (nSPS) is 11.2. The number of nitrogens with zero attached hydrogens (tertiary/aromatic N) is 5. The fourth-order valence-electron chi connectivity index (χ4n) is 2.42. The lowest BCUT2D eigenvalue weighted by molar-refractivity contribution is 0.425. The maximum absolute atomic E-state index is 13.0. The molecule has 0 saturated carbocycles. The summed E-state index contributed by atoms with van der Waals surface area (Å²) in [6.07, 6.45) is 1.60. The molecule has 3 heterocycles. The summed E-state index contributed by atoms with van der Waals surface area (Å²) in [6, 6.07) is 9.57. The molecule has 0 aliphatic carbocycles. The molecular weight excluding hydrogens is 357 g/mol. The Kier molecular flexibility index (Phi) is 4.53. The summed E-state index contributed by atoms with van der Waals surface area (Å²) < 4.78 is 25.6. The Morgan fingerprint density at radius 3 is 2.73 bits per heavy atom. The summed E-state index contributed by atoms with van der Waals surface area (Å²) in [7, 11) is 0. The van der Waals surface area contributed by atoms with Gasteiger partial charge in [-0.3, -0.25) is 4.57 Å². The van der Waals surface area contributed by atoms with Crippen molar-refractivity contribution in [3.63, 3.8) is 0 Å². The minimum absolute atomic E-state index is 0.310. The zero-order chi connectivity index (χ0) is 17.9. The van der Waals surface area contributed by atoms with Crippen molar-refractivity contribution in [2.75, 3.05) is 0 Å². The molecule has 0 fully saturated rings. The summed E-state index contributed by atoms with van der Waals surface area (Å²) in [4.78, 5) is 4.34. The van der Waals surface area contributed by atoms with Gasteiger partial charge in [0.1, 0.15) is 5.82 Å². The lowest BCUT2D eigenvalue weighted by Gasteiger charge is -2.04. The predicted octanol–water partition coefficient (Wildman–Crippen LogP) is 4.04. The molecule has 0 aliphatic heterocycles. The molecule has 7 nitrogen and oxygen atoms in total. The van der Waals surface area contributed by atoms with Gasteiger partial charge in [0, 0.05) is 12.1 Å². The van der Waals surface area contributed by atoms with Crippen molar-refractivity contribution in [3.05, 3.63) is 54.3 Å². The summed E-state index contributed by atoms with van der Waals surface area (Å²) in [5, 5.41) is 13.1. The molecule has 26 heavy (non-hydrogen) atoms.